The van der Waals surface area contributed by atoms with Crippen LogP contribution in [0.25, 0.3) is 0 Å². The molecular formula is C12H20N2O2. The van der Waals surface area contributed by atoms with E-state index in [1.165, 1.54) is 0 Å². The molecule has 4 nitrogen and oxygen atoms in total. The molecule has 0 fully saturated rings. The Morgan fingerprint density at radius 3 is 2.44 bits per heavy atom. The Kier molecular flexibility index (Phi) is 6.37. The van der Waals surface area contributed by atoms with Crippen LogP contribution in [0.15, 0.2) is 24.3 Å². The van der Waals surface area contributed by atoms with Gasteiger partial charge in [0.2, 0.25) is 0 Å². The van der Waals surface area contributed by atoms with E-state index in [0.29, 0.717) is 6.61 Å². The van der Waals surface area contributed by atoms with Crippen molar-refractivity contribution in [3.8, 4) is 11.5 Å². The third-order valence-electron chi connectivity index (χ3n) is 2.16. The molecule has 0 aromatic heterocycles. The lowest BCUT2D eigenvalue weighted by Gasteiger charge is -2.07. The van der Waals surface area contributed by atoms with Gasteiger partial charge in [0.15, 0.2) is 0 Å². The van der Waals surface area contributed by atoms with Crippen molar-refractivity contribution in [2.75, 3.05) is 33.4 Å². The van der Waals surface area contributed by atoms with Gasteiger partial charge >= 0.3 is 0 Å². The molecule has 0 saturated heterocycles. The van der Waals surface area contributed by atoms with E-state index in [2.05, 4.69) is 5.32 Å². The topological polar surface area (TPSA) is 56.5 Å². The predicted octanol–water partition coefficient (Wildman–Crippen LogP) is 1.01. The van der Waals surface area contributed by atoms with Crippen LogP contribution in [-0.2, 0) is 0 Å². The molecule has 0 spiro atoms. The highest BCUT2D eigenvalue weighted by atomic mass is 16.5. The highest BCUT2D eigenvalue weighted by Crippen LogP contribution is 2.16. The number of methoxy groups -OCH3 is 1. The van der Waals surface area contributed by atoms with Gasteiger partial charge in [0.1, 0.15) is 18.1 Å². The van der Waals surface area contributed by atoms with Crippen molar-refractivity contribution in [1.82, 2.24) is 5.32 Å². The SMILES string of the molecule is COc1ccc(OCCNCCCN)cc1. The zero-order valence-electron chi connectivity index (χ0n) is 9.74. The molecule has 0 aliphatic carbocycles. The summed E-state index contributed by atoms with van der Waals surface area (Å²) in [6, 6.07) is 7.58. The Morgan fingerprint density at radius 2 is 1.81 bits per heavy atom. The minimum atomic E-state index is 0.664. The van der Waals surface area contributed by atoms with Gasteiger partial charge in [-0.3, -0.25) is 0 Å². The molecule has 0 bridgehead atoms. The molecule has 0 heterocycles. The van der Waals surface area contributed by atoms with Crippen molar-refractivity contribution in [2.24, 2.45) is 5.73 Å². The summed E-state index contributed by atoms with van der Waals surface area (Å²) in [6.45, 7) is 3.18. The van der Waals surface area contributed by atoms with Crippen molar-refractivity contribution in [2.45, 2.75) is 6.42 Å². The molecule has 90 valence electrons. The summed E-state index contributed by atoms with van der Waals surface area (Å²) in [7, 11) is 1.65. The van der Waals surface area contributed by atoms with Crippen LogP contribution in [0.4, 0.5) is 0 Å². The molecule has 0 aliphatic rings. The molecule has 1 aromatic carbocycles. The van der Waals surface area contributed by atoms with Crippen molar-refractivity contribution < 1.29 is 9.47 Å². The Morgan fingerprint density at radius 1 is 1.12 bits per heavy atom. The normalized spacial score (nSPS) is 10.1. The lowest BCUT2D eigenvalue weighted by Crippen LogP contribution is -2.23. The summed E-state index contributed by atoms with van der Waals surface area (Å²) in [4.78, 5) is 0. The van der Waals surface area contributed by atoms with Crippen LogP contribution in [0.5, 0.6) is 11.5 Å². The summed E-state index contributed by atoms with van der Waals surface area (Å²) < 4.78 is 10.6. The van der Waals surface area contributed by atoms with E-state index in [1.54, 1.807) is 7.11 Å². The molecule has 3 N–H and O–H groups in total. The third-order valence-corrected chi connectivity index (χ3v) is 2.16. The monoisotopic (exact) mass is 224 g/mol. The van der Waals surface area contributed by atoms with Gasteiger partial charge in [0.05, 0.1) is 7.11 Å². The van der Waals surface area contributed by atoms with Crippen LogP contribution in [0, 0.1) is 0 Å². The van der Waals surface area contributed by atoms with E-state index in [9.17, 15) is 0 Å². The minimum Gasteiger partial charge on any atom is -0.497 e. The molecule has 0 aliphatic heterocycles. The zero-order valence-corrected chi connectivity index (χ0v) is 9.74. The highest BCUT2D eigenvalue weighted by molar-refractivity contribution is 5.31. The number of hydrogen-bond donors (Lipinski definition) is 2. The molecule has 4 heteroatoms. The van der Waals surface area contributed by atoms with Gasteiger partial charge < -0.3 is 20.5 Å². The van der Waals surface area contributed by atoms with E-state index in [-0.39, 0.29) is 0 Å². The van der Waals surface area contributed by atoms with Gasteiger partial charge in [-0.25, -0.2) is 0 Å². The van der Waals surface area contributed by atoms with E-state index in [0.717, 1.165) is 37.6 Å². The number of hydrogen-bond acceptors (Lipinski definition) is 4. The Balaban J connectivity index is 2.12. The first-order valence-electron chi connectivity index (χ1n) is 5.54. The van der Waals surface area contributed by atoms with E-state index >= 15 is 0 Å². The Labute approximate surface area is 96.7 Å². The summed E-state index contributed by atoms with van der Waals surface area (Å²) in [6.07, 6.45) is 1.00. The van der Waals surface area contributed by atoms with Gasteiger partial charge in [-0.15, -0.1) is 0 Å². The average Bonchev–Trinajstić information content (AvgIpc) is 2.34. The molecular weight excluding hydrogens is 204 g/mol. The lowest BCUT2D eigenvalue weighted by atomic mass is 10.3. The summed E-state index contributed by atoms with van der Waals surface area (Å²) in [5.74, 6) is 1.70. The summed E-state index contributed by atoms with van der Waals surface area (Å²) >= 11 is 0. The fourth-order valence-electron chi connectivity index (χ4n) is 1.27. The van der Waals surface area contributed by atoms with Crippen molar-refractivity contribution in [3.05, 3.63) is 24.3 Å². The first-order valence-corrected chi connectivity index (χ1v) is 5.54. The molecule has 0 unspecified atom stereocenters. The third kappa shape index (κ3) is 5.00. The second-order valence-electron chi connectivity index (χ2n) is 3.42. The van der Waals surface area contributed by atoms with Gasteiger partial charge in [-0.2, -0.15) is 0 Å². The van der Waals surface area contributed by atoms with E-state index in [1.807, 2.05) is 24.3 Å². The van der Waals surface area contributed by atoms with Crippen LogP contribution in [0.1, 0.15) is 6.42 Å². The first-order chi connectivity index (χ1) is 7.86. The molecule has 0 radical (unpaired) electrons. The van der Waals surface area contributed by atoms with Crippen molar-refractivity contribution >= 4 is 0 Å². The van der Waals surface area contributed by atoms with Crippen LogP contribution >= 0.6 is 0 Å². The van der Waals surface area contributed by atoms with E-state index < -0.39 is 0 Å². The van der Waals surface area contributed by atoms with Gasteiger partial charge in [0, 0.05) is 6.54 Å². The van der Waals surface area contributed by atoms with Gasteiger partial charge in [0.25, 0.3) is 0 Å². The number of rotatable bonds is 8. The number of benzene rings is 1. The second kappa shape index (κ2) is 7.96. The van der Waals surface area contributed by atoms with Crippen LogP contribution in [0.3, 0.4) is 0 Å². The first kappa shape index (κ1) is 12.8. The molecule has 0 atom stereocenters. The standard InChI is InChI=1S/C12H20N2O2/c1-15-11-3-5-12(6-4-11)16-10-9-14-8-2-7-13/h3-6,14H,2,7-10,13H2,1H3. The lowest BCUT2D eigenvalue weighted by molar-refractivity contribution is 0.313. The molecule has 16 heavy (non-hydrogen) atoms. The van der Waals surface area contributed by atoms with Crippen LogP contribution in [0.2, 0.25) is 0 Å². The molecule has 0 amide bonds. The number of nitrogens with two attached hydrogens (primary N) is 1. The van der Waals surface area contributed by atoms with Crippen molar-refractivity contribution in [3.63, 3.8) is 0 Å². The second-order valence-corrected chi connectivity index (χ2v) is 3.42. The summed E-state index contributed by atoms with van der Waals surface area (Å²) in [5.41, 5.74) is 5.38. The quantitative estimate of drug-likeness (QED) is 0.647. The predicted molar refractivity (Wildman–Crippen MR) is 65.0 cm³/mol. The van der Waals surface area contributed by atoms with Gasteiger partial charge in [-0.1, -0.05) is 0 Å². The molecule has 1 aromatic rings. The minimum absolute atomic E-state index is 0.664. The smallest absolute Gasteiger partial charge is 0.119 e. The molecule has 0 saturated carbocycles. The zero-order chi connectivity index (χ0) is 11.6. The largest absolute Gasteiger partial charge is 0.497 e. The van der Waals surface area contributed by atoms with Crippen LogP contribution < -0.4 is 20.5 Å². The highest BCUT2D eigenvalue weighted by Gasteiger charge is 1.94. The number of ether oxygens (including phenoxy) is 2. The molecule has 1 rings (SSSR count). The Hall–Kier alpha value is -1.26. The van der Waals surface area contributed by atoms with Crippen molar-refractivity contribution in [1.29, 1.82) is 0 Å². The summed E-state index contributed by atoms with van der Waals surface area (Å²) in [5, 5.41) is 3.25. The van der Waals surface area contributed by atoms with E-state index in [4.69, 9.17) is 15.2 Å². The maximum absolute atomic E-state index is 5.54. The Bertz CT molecular complexity index is 275. The number of nitrogens with one attached hydrogen (secondary N) is 1. The van der Waals surface area contributed by atoms with Crippen LogP contribution in [-0.4, -0.2) is 33.4 Å². The maximum atomic E-state index is 5.54. The average molecular weight is 224 g/mol. The van der Waals surface area contributed by atoms with Gasteiger partial charge in [-0.05, 0) is 43.8 Å². The fraction of sp³-hybridized carbons (Fsp3) is 0.500. The fourth-order valence-corrected chi connectivity index (χ4v) is 1.27. The maximum Gasteiger partial charge on any atom is 0.119 e.